The van der Waals surface area contributed by atoms with Gasteiger partial charge in [-0.2, -0.15) is 0 Å². The zero-order valence-corrected chi connectivity index (χ0v) is 14.0. The Morgan fingerprint density at radius 3 is 2.67 bits per heavy atom. The van der Waals surface area contributed by atoms with Gasteiger partial charge in [0.25, 0.3) is 0 Å². The SMILES string of the molecule is Cc1oc(CN)cc1S(=O)(=O)NCC(C)(C)c1cccs1. The number of nitrogens with two attached hydrogens (primary N) is 1. The molecule has 5 nitrogen and oxygen atoms in total. The van der Waals surface area contributed by atoms with Crippen molar-refractivity contribution in [1.82, 2.24) is 4.72 Å². The molecule has 21 heavy (non-hydrogen) atoms. The maximum Gasteiger partial charge on any atom is 0.244 e. The van der Waals surface area contributed by atoms with Gasteiger partial charge in [0.2, 0.25) is 10.0 Å². The van der Waals surface area contributed by atoms with Gasteiger partial charge in [0.15, 0.2) is 0 Å². The third-order valence-electron chi connectivity index (χ3n) is 3.31. The van der Waals surface area contributed by atoms with Crippen molar-refractivity contribution in [3.05, 3.63) is 40.0 Å². The molecular weight excluding hydrogens is 308 g/mol. The van der Waals surface area contributed by atoms with Gasteiger partial charge in [0.1, 0.15) is 16.4 Å². The minimum absolute atomic E-state index is 0.157. The van der Waals surface area contributed by atoms with Crippen LogP contribution in [0, 0.1) is 6.92 Å². The molecule has 0 amide bonds. The molecule has 0 aromatic carbocycles. The molecule has 3 N–H and O–H groups in total. The van der Waals surface area contributed by atoms with E-state index in [0.29, 0.717) is 18.1 Å². The van der Waals surface area contributed by atoms with E-state index in [2.05, 4.69) is 4.72 Å². The van der Waals surface area contributed by atoms with Crippen molar-refractivity contribution in [2.24, 2.45) is 5.73 Å². The normalized spacial score (nSPS) is 12.8. The van der Waals surface area contributed by atoms with E-state index in [-0.39, 0.29) is 16.9 Å². The maximum absolute atomic E-state index is 12.4. The molecule has 7 heteroatoms. The van der Waals surface area contributed by atoms with Crippen LogP contribution < -0.4 is 10.5 Å². The van der Waals surface area contributed by atoms with Crippen molar-refractivity contribution in [2.75, 3.05) is 6.54 Å². The Balaban J connectivity index is 2.16. The maximum atomic E-state index is 12.4. The molecule has 2 aromatic rings. The van der Waals surface area contributed by atoms with E-state index < -0.39 is 10.0 Å². The van der Waals surface area contributed by atoms with Crippen molar-refractivity contribution >= 4 is 21.4 Å². The average Bonchev–Trinajstić information content (AvgIpc) is 3.06. The summed E-state index contributed by atoms with van der Waals surface area (Å²) in [5.74, 6) is 0.822. The minimum atomic E-state index is -3.60. The first-order chi connectivity index (χ1) is 9.76. The molecular formula is C14H20N2O3S2. The number of hydrogen-bond donors (Lipinski definition) is 2. The topological polar surface area (TPSA) is 85.3 Å². The van der Waals surface area contributed by atoms with E-state index in [1.807, 2.05) is 31.4 Å². The van der Waals surface area contributed by atoms with Crippen LogP contribution in [-0.4, -0.2) is 15.0 Å². The fraction of sp³-hybridized carbons (Fsp3) is 0.429. The molecule has 0 saturated heterocycles. The fourth-order valence-electron chi connectivity index (χ4n) is 2.00. The minimum Gasteiger partial charge on any atom is -0.464 e. The predicted molar refractivity (Wildman–Crippen MR) is 83.9 cm³/mol. The molecule has 0 fully saturated rings. The number of rotatable bonds is 6. The zero-order valence-electron chi connectivity index (χ0n) is 12.3. The number of furan rings is 1. The number of thiophene rings is 1. The summed E-state index contributed by atoms with van der Waals surface area (Å²) in [5.41, 5.74) is 5.21. The summed E-state index contributed by atoms with van der Waals surface area (Å²) in [7, 11) is -3.60. The number of aryl methyl sites for hydroxylation is 1. The molecule has 0 saturated carbocycles. The lowest BCUT2D eigenvalue weighted by molar-refractivity contribution is 0.476. The quantitative estimate of drug-likeness (QED) is 0.852. The van der Waals surface area contributed by atoms with Gasteiger partial charge in [-0.05, 0) is 18.4 Å². The lowest BCUT2D eigenvalue weighted by Gasteiger charge is -2.23. The zero-order chi connectivity index (χ0) is 15.7. The molecule has 2 rings (SSSR count). The van der Waals surface area contributed by atoms with Crippen molar-refractivity contribution in [2.45, 2.75) is 37.6 Å². The highest BCUT2D eigenvalue weighted by Crippen LogP contribution is 2.27. The Morgan fingerprint density at radius 1 is 1.43 bits per heavy atom. The molecule has 116 valence electrons. The second kappa shape index (κ2) is 5.92. The number of nitrogens with one attached hydrogen (secondary N) is 1. The molecule has 0 aliphatic heterocycles. The third kappa shape index (κ3) is 3.55. The number of hydrogen-bond acceptors (Lipinski definition) is 5. The van der Waals surface area contributed by atoms with E-state index in [4.69, 9.17) is 10.2 Å². The van der Waals surface area contributed by atoms with Gasteiger partial charge >= 0.3 is 0 Å². The Kier molecular flexibility index (Phi) is 4.57. The van der Waals surface area contributed by atoms with Crippen molar-refractivity contribution in [3.8, 4) is 0 Å². The van der Waals surface area contributed by atoms with Gasteiger partial charge in [-0.15, -0.1) is 11.3 Å². The van der Waals surface area contributed by atoms with E-state index in [0.717, 1.165) is 4.88 Å². The third-order valence-corrected chi connectivity index (χ3v) is 6.05. The summed E-state index contributed by atoms with van der Waals surface area (Å²) in [6.07, 6.45) is 0. The summed E-state index contributed by atoms with van der Waals surface area (Å²) in [5, 5.41) is 1.99. The van der Waals surface area contributed by atoms with E-state index >= 15 is 0 Å². The Hall–Kier alpha value is -1.15. The largest absolute Gasteiger partial charge is 0.464 e. The second-order valence-electron chi connectivity index (χ2n) is 5.52. The summed E-state index contributed by atoms with van der Waals surface area (Å²) in [6, 6.07) is 5.45. The van der Waals surface area contributed by atoms with Crippen LogP contribution in [0.25, 0.3) is 0 Å². The van der Waals surface area contributed by atoms with Crippen LogP contribution in [-0.2, 0) is 22.0 Å². The Bertz CT molecular complexity index is 701. The van der Waals surface area contributed by atoms with E-state index in [9.17, 15) is 8.42 Å². The standard InChI is InChI=1S/C14H20N2O3S2/c1-10-12(7-11(8-15)19-10)21(17,18)16-9-14(2,3)13-5-4-6-20-13/h4-7,16H,8-9,15H2,1-3H3. The highest BCUT2D eigenvalue weighted by molar-refractivity contribution is 7.89. The second-order valence-corrected chi connectivity index (χ2v) is 8.21. The summed E-state index contributed by atoms with van der Waals surface area (Å²) < 4.78 is 32.8. The molecule has 0 aliphatic rings. The van der Waals surface area contributed by atoms with Crippen LogP contribution in [0.1, 0.15) is 30.2 Å². The fourth-order valence-corrected chi connectivity index (χ4v) is 4.26. The van der Waals surface area contributed by atoms with Crippen LogP contribution in [0.4, 0.5) is 0 Å². The summed E-state index contributed by atoms with van der Waals surface area (Å²) in [6.45, 7) is 6.14. The smallest absolute Gasteiger partial charge is 0.244 e. The lowest BCUT2D eigenvalue weighted by Crippen LogP contribution is -2.36. The highest BCUT2D eigenvalue weighted by atomic mass is 32.2. The molecule has 0 spiro atoms. The summed E-state index contributed by atoms with van der Waals surface area (Å²) >= 11 is 1.62. The van der Waals surface area contributed by atoms with E-state index in [1.165, 1.54) is 6.07 Å². The van der Waals surface area contributed by atoms with Gasteiger partial charge in [-0.25, -0.2) is 13.1 Å². The van der Waals surface area contributed by atoms with Gasteiger partial charge < -0.3 is 10.2 Å². The Labute approximate surface area is 129 Å². The van der Waals surface area contributed by atoms with Crippen molar-refractivity contribution < 1.29 is 12.8 Å². The van der Waals surface area contributed by atoms with Gasteiger partial charge in [0.05, 0.1) is 6.54 Å². The highest BCUT2D eigenvalue weighted by Gasteiger charge is 2.27. The first kappa shape index (κ1) is 16.2. The predicted octanol–water partition coefficient (Wildman–Crippen LogP) is 2.36. The van der Waals surface area contributed by atoms with Crippen LogP contribution in [0.15, 0.2) is 32.9 Å². The van der Waals surface area contributed by atoms with Gasteiger partial charge in [-0.3, -0.25) is 0 Å². The van der Waals surface area contributed by atoms with Crippen LogP contribution in [0.2, 0.25) is 0 Å². The molecule has 0 radical (unpaired) electrons. The first-order valence-electron chi connectivity index (χ1n) is 6.59. The average molecular weight is 328 g/mol. The van der Waals surface area contributed by atoms with Gasteiger partial charge in [0, 0.05) is 22.9 Å². The molecule has 0 unspecified atom stereocenters. The van der Waals surface area contributed by atoms with Crippen molar-refractivity contribution in [1.29, 1.82) is 0 Å². The molecule has 2 aromatic heterocycles. The van der Waals surface area contributed by atoms with E-state index in [1.54, 1.807) is 18.3 Å². The lowest BCUT2D eigenvalue weighted by atomic mass is 9.92. The molecule has 0 bridgehead atoms. The molecule has 2 heterocycles. The molecule has 0 atom stereocenters. The van der Waals surface area contributed by atoms with Crippen LogP contribution in [0.3, 0.4) is 0 Å². The summed E-state index contributed by atoms with van der Waals surface area (Å²) in [4.78, 5) is 1.29. The van der Waals surface area contributed by atoms with Crippen molar-refractivity contribution in [3.63, 3.8) is 0 Å². The van der Waals surface area contributed by atoms with Gasteiger partial charge in [-0.1, -0.05) is 19.9 Å². The molecule has 0 aliphatic carbocycles. The monoisotopic (exact) mass is 328 g/mol. The Morgan fingerprint density at radius 2 is 2.14 bits per heavy atom. The number of sulfonamides is 1. The van der Waals surface area contributed by atoms with Crippen LogP contribution >= 0.6 is 11.3 Å². The first-order valence-corrected chi connectivity index (χ1v) is 8.95. The van der Waals surface area contributed by atoms with Crippen LogP contribution in [0.5, 0.6) is 0 Å².